The molecule has 1 saturated heterocycles. The fourth-order valence-corrected chi connectivity index (χ4v) is 3.79. The van der Waals surface area contributed by atoms with Crippen LogP contribution in [-0.4, -0.2) is 51.7 Å². The predicted molar refractivity (Wildman–Crippen MR) is 111 cm³/mol. The van der Waals surface area contributed by atoms with Crippen molar-refractivity contribution in [2.24, 2.45) is 0 Å². The van der Waals surface area contributed by atoms with Crippen molar-refractivity contribution < 1.29 is 4.79 Å². The van der Waals surface area contributed by atoms with E-state index in [4.69, 9.17) is 0 Å². The van der Waals surface area contributed by atoms with Crippen LogP contribution in [0.5, 0.6) is 0 Å². The largest absolute Gasteiger partial charge is 0.337 e. The van der Waals surface area contributed by atoms with Gasteiger partial charge < -0.3 is 4.90 Å². The molecule has 0 bridgehead atoms. The number of carbonyl (C=O) groups is 1. The fourth-order valence-electron chi connectivity index (χ4n) is 3.79. The molecule has 144 valence electrons. The lowest BCUT2D eigenvalue weighted by Gasteiger charge is -2.22. The molecule has 4 rings (SSSR count). The van der Waals surface area contributed by atoms with Gasteiger partial charge in [-0.2, -0.15) is 5.10 Å². The van der Waals surface area contributed by atoms with E-state index in [0.29, 0.717) is 5.56 Å². The number of hydrogen-bond donors (Lipinski definition) is 0. The van der Waals surface area contributed by atoms with Crippen LogP contribution in [0, 0.1) is 6.92 Å². The SMILES string of the molecule is Cc1c(C(=O)N2CCCN(Cc3ccccc3)CC2)cnn1-c1ccccc1. The maximum atomic E-state index is 13.1. The van der Waals surface area contributed by atoms with Crippen LogP contribution in [0.3, 0.4) is 0 Å². The third-order valence-electron chi connectivity index (χ3n) is 5.37. The Bertz CT molecular complexity index is 920. The van der Waals surface area contributed by atoms with Crippen molar-refractivity contribution in [1.29, 1.82) is 0 Å². The van der Waals surface area contributed by atoms with Crippen molar-refractivity contribution in [2.45, 2.75) is 19.9 Å². The summed E-state index contributed by atoms with van der Waals surface area (Å²) >= 11 is 0. The zero-order valence-corrected chi connectivity index (χ0v) is 16.3. The molecule has 1 aliphatic heterocycles. The average molecular weight is 374 g/mol. The molecule has 2 heterocycles. The number of para-hydroxylation sites is 1. The molecule has 0 unspecified atom stereocenters. The Morgan fingerprint density at radius 1 is 0.929 bits per heavy atom. The number of hydrogen-bond acceptors (Lipinski definition) is 3. The Kier molecular flexibility index (Phi) is 5.53. The molecular formula is C23H26N4O. The lowest BCUT2D eigenvalue weighted by molar-refractivity contribution is 0.0760. The molecule has 5 heteroatoms. The summed E-state index contributed by atoms with van der Waals surface area (Å²) in [5, 5.41) is 4.45. The zero-order valence-electron chi connectivity index (χ0n) is 16.3. The van der Waals surface area contributed by atoms with E-state index in [1.165, 1.54) is 5.56 Å². The maximum absolute atomic E-state index is 13.1. The number of carbonyl (C=O) groups excluding carboxylic acids is 1. The van der Waals surface area contributed by atoms with E-state index in [2.05, 4.69) is 34.3 Å². The van der Waals surface area contributed by atoms with Gasteiger partial charge in [-0.05, 0) is 31.0 Å². The van der Waals surface area contributed by atoms with Gasteiger partial charge in [0, 0.05) is 32.7 Å². The van der Waals surface area contributed by atoms with Gasteiger partial charge in [0.2, 0.25) is 0 Å². The van der Waals surface area contributed by atoms with Gasteiger partial charge in [-0.15, -0.1) is 0 Å². The summed E-state index contributed by atoms with van der Waals surface area (Å²) in [4.78, 5) is 17.5. The van der Waals surface area contributed by atoms with Crippen molar-refractivity contribution >= 4 is 5.91 Å². The summed E-state index contributed by atoms with van der Waals surface area (Å²) < 4.78 is 1.84. The van der Waals surface area contributed by atoms with Crippen LogP contribution in [0.2, 0.25) is 0 Å². The minimum Gasteiger partial charge on any atom is -0.337 e. The Labute approximate surface area is 166 Å². The van der Waals surface area contributed by atoms with Gasteiger partial charge in [0.25, 0.3) is 5.91 Å². The first-order valence-corrected chi connectivity index (χ1v) is 9.88. The number of rotatable bonds is 4. The second-order valence-electron chi connectivity index (χ2n) is 7.30. The van der Waals surface area contributed by atoms with Crippen molar-refractivity contribution in [3.63, 3.8) is 0 Å². The Hall–Kier alpha value is -2.92. The summed E-state index contributed by atoms with van der Waals surface area (Å²) in [6.07, 6.45) is 2.70. The topological polar surface area (TPSA) is 41.4 Å². The second kappa shape index (κ2) is 8.40. The third-order valence-corrected chi connectivity index (χ3v) is 5.37. The molecule has 0 atom stereocenters. The highest BCUT2D eigenvalue weighted by Gasteiger charge is 2.23. The summed E-state index contributed by atoms with van der Waals surface area (Å²) in [5.41, 5.74) is 3.88. The monoisotopic (exact) mass is 374 g/mol. The average Bonchev–Trinajstić information content (AvgIpc) is 2.96. The lowest BCUT2D eigenvalue weighted by Crippen LogP contribution is -2.35. The van der Waals surface area contributed by atoms with Crippen molar-refractivity contribution in [3.05, 3.63) is 83.7 Å². The van der Waals surface area contributed by atoms with Crippen molar-refractivity contribution in [3.8, 4) is 5.69 Å². The summed E-state index contributed by atoms with van der Waals surface area (Å²) in [6, 6.07) is 20.5. The Morgan fingerprint density at radius 2 is 1.64 bits per heavy atom. The van der Waals surface area contributed by atoms with Gasteiger partial charge in [0.1, 0.15) is 0 Å². The van der Waals surface area contributed by atoms with E-state index in [9.17, 15) is 4.79 Å². The molecule has 3 aromatic rings. The predicted octanol–water partition coefficient (Wildman–Crippen LogP) is 3.53. The summed E-state index contributed by atoms with van der Waals surface area (Å²) in [7, 11) is 0. The highest BCUT2D eigenvalue weighted by molar-refractivity contribution is 5.95. The van der Waals surface area contributed by atoms with Crippen LogP contribution in [0.25, 0.3) is 5.69 Å². The van der Waals surface area contributed by atoms with Crippen molar-refractivity contribution in [1.82, 2.24) is 19.6 Å². The normalized spacial score (nSPS) is 15.4. The fraction of sp³-hybridized carbons (Fsp3) is 0.304. The van der Waals surface area contributed by atoms with Crippen LogP contribution in [0.1, 0.15) is 28.0 Å². The van der Waals surface area contributed by atoms with E-state index >= 15 is 0 Å². The number of amides is 1. The molecule has 0 radical (unpaired) electrons. The van der Waals surface area contributed by atoms with Crippen LogP contribution < -0.4 is 0 Å². The molecule has 1 amide bonds. The van der Waals surface area contributed by atoms with Gasteiger partial charge >= 0.3 is 0 Å². The zero-order chi connectivity index (χ0) is 19.3. The standard InChI is InChI=1S/C23H26N4O/c1-19-22(17-24-27(19)21-11-6-3-7-12-21)23(28)26-14-8-13-25(15-16-26)18-20-9-4-2-5-10-20/h2-7,9-12,17H,8,13-16,18H2,1H3. The van der Waals surface area contributed by atoms with Crippen LogP contribution in [-0.2, 0) is 6.54 Å². The van der Waals surface area contributed by atoms with E-state index < -0.39 is 0 Å². The molecule has 1 fully saturated rings. The van der Waals surface area contributed by atoms with Crippen molar-refractivity contribution in [2.75, 3.05) is 26.2 Å². The third kappa shape index (κ3) is 3.99. The van der Waals surface area contributed by atoms with Crippen LogP contribution in [0.4, 0.5) is 0 Å². The second-order valence-corrected chi connectivity index (χ2v) is 7.30. The molecule has 28 heavy (non-hydrogen) atoms. The smallest absolute Gasteiger partial charge is 0.257 e. The molecule has 0 saturated carbocycles. The van der Waals surface area contributed by atoms with Gasteiger partial charge in [-0.3, -0.25) is 9.69 Å². The minimum atomic E-state index is 0.0845. The first-order chi connectivity index (χ1) is 13.7. The number of aromatic nitrogens is 2. The molecule has 0 N–H and O–H groups in total. The first kappa shape index (κ1) is 18.4. The number of benzene rings is 2. The lowest BCUT2D eigenvalue weighted by atomic mass is 10.2. The molecule has 0 aliphatic carbocycles. The molecule has 5 nitrogen and oxygen atoms in total. The van der Waals surface area contributed by atoms with Gasteiger partial charge in [0.15, 0.2) is 0 Å². The molecule has 1 aliphatic rings. The maximum Gasteiger partial charge on any atom is 0.257 e. The first-order valence-electron chi connectivity index (χ1n) is 9.88. The van der Waals surface area contributed by atoms with Gasteiger partial charge in [0.05, 0.1) is 23.1 Å². The summed E-state index contributed by atoms with van der Waals surface area (Å²) in [5.74, 6) is 0.0845. The summed E-state index contributed by atoms with van der Waals surface area (Å²) in [6.45, 7) is 6.36. The van der Waals surface area contributed by atoms with Crippen LogP contribution >= 0.6 is 0 Å². The molecule has 0 spiro atoms. The molecular weight excluding hydrogens is 348 g/mol. The molecule has 1 aromatic heterocycles. The van der Waals surface area contributed by atoms with E-state index in [-0.39, 0.29) is 5.91 Å². The Balaban J connectivity index is 1.44. The minimum absolute atomic E-state index is 0.0845. The highest BCUT2D eigenvalue weighted by Crippen LogP contribution is 2.17. The molecule has 2 aromatic carbocycles. The van der Waals surface area contributed by atoms with Crippen LogP contribution in [0.15, 0.2) is 66.9 Å². The number of nitrogens with zero attached hydrogens (tertiary/aromatic N) is 4. The Morgan fingerprint density at radius 3 is 2.39 bits per heavy atom. The van der Waals surface area contributed by atoms with E-state index in [1.54, 1.807) is 6.20 Å². The van der Waals surface area contributed by atoms with Gasteiger partial charge in [-0.25, -0.2) is 4.68 Å². The quantitative estimate of drug-likeness (QED) is 0.702. The van der Waals surface area contributed by atoms with E-state index in [1.807, 2.05) is 52.9 Å². The van der Waals surface area contributed by atoms with E-state index in [0.717, 1.165) is 50.5 Å². The highest BCUT2D eigenvalue weighted by atomic mass is 16.2. The van der Waals surface area contributed by atoms with Gasteiger partial charge in [-0.1, -0.05) is 48.5 Å².